The van der Waals surface area contributed by atoms with Crippen molar-refractivity contribution in [3.63, 3.8) is 0 Å². The Morgan fingerprint density at radius 3 is 2.57 bits per heavy atom. The van der Waals surface area contributed by atoms with E-state index in [1.54, 1.807) is 19.2 Å². The topological polar surface area (TPSA) is 29.5 Å². The molecule has 0 radical (unpaired) electrons. The van der Waals surface area contributed by atoms with Crippen LogP contribution in [0.2, 0.25) is 0 Å². The lowest BCUT2D eigenvalue weighted by molar-refractivity contribution is -0.189. The molecule has 3 nitrogen and oxygen atoms in total. The van der Waals surface area contributed by atoms with Crippen molar-refractivity contribution < 1.29 is 22.7 Å². The van der Waals surface area contributed by atoms with Crippen molar-refractivity contribution >= 4 is 5.91 Å². The highest BCUT2D eigenvalue weighted by Gasteiger charge is 2.46. The second-order valence-corrected chi connectivity index (χ2v) is 5.50. The summed E-state index contributed by atoms with van der Waals surface area (Å²) in [5.74, 6) is -1.20. The van der Waals surface area contributed by atoms with Crippen LogP contribution in [0.25, 0.3) is 0 Å². The van der Waals surface area contributed by atoms with Crippen molar-refractivity contribution in [2.45, 2.75) is 32.5 Å². The minimum absolute atomic E-state index is 0.0708. The van der Waals surface area contributed by atoms with E-state index < -0.39 is 18.1 Å². The first-order chi connectivity index (χ1) is 9.75. The fourth-order valence-corrected chi connectivity index (χ4v) is 2.87. The molecule has 0 saturated heterocycles. The van der Waals surface area contributed by atoms with Gasteiger partial charge < -0.3 is 9.64 Å². The van der Waals surface area contributed by atoms with Gasteiger partial charge in [0.1, 0.15) is 5.75 Å². The molecule has 1 aromatic carbocycles. The molecule has 1 atom stereocenters. The number of nitrogens with zero attached hydrogens (tertiary/aromatic N) is 1. The number of fused-ring (bicyclic) bond motifs is 1. The van der Waals surface area contributed by atoms with E-state index in [0.717, 1.165) is 16.0 Å². The number of hydrogen-bond donors (Lipinski definition) is 0. The van der Waals surface area contributed by atoms with Crippen molar-refractivity contribution in [2.24, 2.45) is 5.92 Å². The molecule has 1 aliphatic heterocycles. The molecule has 0 N–H and O–H groups in total. The quantitative estimate of drug-likeness (QED) is 0.838. The van der Waals surface area contributed by atoms with Crippen LogP contribution in [0.15, 0.2) is 18.2 Å². The van der Waals surface area contributed by atoms with Gasteiger partial charge in [-0.1, -0.05) is 19.9 Å². The monoisotopic (exact) mass is 301 g/mol. The Kier molecular flexibility index (Phi) is 4.16. The maximum absolute atomic E-state index is 12.8. The minimum Gasteiger partial charge on any atom is -0.497 e. The van der Waals surface area contributed by atoms with Crippen LogP contribution < -0.4 is 4.74 Å². The van der Waals surface area contributed by atoms with Crippen LogP contribution >= 0.6 is 0 Å². The highest BCUT2D eigenvalue weighted by atomic mass is 19.4. The van der Waals surface area contributed by atoms with Crippen LogP contribution in [-0.4, -0.2) is 30.6 Å². The summed E-state index contributed by atoms with van der Waals surface area (Å²) >= 11 is 0. The third kappa shape index (κ3) is 2.99. The number of carbonyl (C=O) groups is 1. The first-order valence-corrected chi connectivity index (χ1v) is 6.80. The maximum atomic E-state index is 12.8. The molecule has 1 heterocycles. The minimum atomic E-state index is -4.84. The van der Waals surface area contributed by atoms with Crippen LogP contribution in [0.1, 0.15) is 31.0 Å². The Morgan fingerprint density at radius 2 is 2.05 bits per heavy atom. The molecule has 1 amide bonds. The molecule has 0 bridgehead atoms. The summed E-state index contributed by atoms with van der Waals surface area (Å²) in [4.78, 5) is 12.6. The lowest BCUT2D eigenvalue weighted by Gasteiger charge is -2.40. The smallest absolute Gasteiger partial charge is 0.471 e. The Balaban J connectivity index is 2.42. The van der Waals surface area contributed by atoms with Gasteiger partial charge in [0.25, 0.3) is 0 Å². The third-order valence-electron chi connectivity index (χ3n) is 3.76. The lowest BCUT2D eigenvalue weighted by Crippen LogP contribution is -2.48. The number of hydrogen-bond acceptors (Lipinski definition) is 2. The summed E-state index contributed by atoms with van der Waals surface area (Å²) < 4.78 is 43.4. The van der Waals surface area contributed by atoms with Crippen LogP contribution in [-0.2, 0) is 11.2 Å². The molecular weight excluding hydrogens is 283 g/mol. The number of rotatable bonds is 2. The largest absolute Gasteiger partial charge is 0.497 e. The zero-order valence-corrected chi connectivity index (χ0v) is 12.2. The van der Waals surface area contributed by atoms with Crippen molar-refractivity contribution in [1.29, 1.82) is 0 Å². The van der Waals surface area contributed by atoms with E-state index in [4.69, 9.17) is 4.74 Å². The number of ether oxygens (including phenoxy) is 1. The van der Waals surface area contributed by atoms with E-state index in [-0.39, 0.29) is 12.5 Å². The predicted octanol–water partition coefficient (Wildman–Crippen LogP) is 3.34. The molecule has 6 heteroatoms. The van der Waals surface area contributed by atoms with E-state index in [2.05, 4.69) is 0 Å². The number of amides is 1. The number of carbonyl (C=O) groups excluding carboxylic acids is 1. The molecule has 2 rings (SSSR count). The molecule has 116 valence electrons. The first kappa shape index (κ1) is 15.7. The molecule has 1 aliphatic rings. The van der Waals surface area contributed by atoms with Gasteiger partial charge in [-0.25, -0.2) is 0 Å². The molecule has 0 spiro atoms. The number of halogens is 3. The van der Waals surface area contributed by atoms with Gasteiger partial charge in [0.2, 0.25) is 0 Å². The Labute approximate surface area is 121 Å². The molecule has 0 fully saturated rings. The molecule has 21 heavy (non-hydrogen) atoms. The van der Waals surface area contributed by atoms with E-state index in [1.807, 2.05) is 19.9 Å². The molecule has 0 aromatic heterocycles. The highest BCUT2D eigenvalue weighted by molar-refractivity contribution is 5.82. The zero-order chi connectivity index (χ0) is 15.8. The second kappa shape index (κ2) is 5.58. The molecule has 1 unspecified atom stereocenters. The van der Waals surface area contributed by atoms with Gasteiger partial charge in [-0.3, -0.25) is 4.79 Å². The molecule has 0 aliphatic carbocycles. The summed E-state index contributed by atoms with van der Waals surface area (Å²) in [5.41, 5.74) is 1.72. The summed E-state index contributed by atoms with van der Waals surface area (Å²) in [6.07, 6.45) is -4.44. The van der Waals surface area contributed by atoms with Crippen molar-refractivity contribution in [1.82, 2.24) is 4.90 Å². The van der Waals surface area contributed by atoms with Crippen molar-refractivity contribution in [3.8, 4) is 5.75 Å². The van der Waals surface area contributed by atoms with Gasteiger partial charge in [0.15, 0.2) is 0 Å². The van der Waals surface area contributed by atoms with Crippen molar-refractivity contribution in [3.05, 3.63) is 29.3 Å². The van der Waals surface area contributed by atoms with Gasteiger partial charge in [-0.15, -0.1) is 0 Å². The van der Waals surface area contributed by atoms with Crippen LogP contribution in [0.5, 0.6) is 5.75 Å². The average Bonchev–Trinajstić information content (AvgIpc) is 2.43. The van der Waals surface area contributed by atoms with E-state index in [9.17, 15) is 18.0 Å². The summed E-state index contributed by atoms with van der Waals surface area (Å²) in [6, 6.07) is 4.75. The summed E-state index contributed by atoms with van der Waals surface area (Å²) in [7, 11) is 1.55. The fraction of sp³-hybridized carbons (Fsp3) is 0.533. The number of benzene rings is 1. The van der Waals surface area contributed by atoms with E-state index in [0.29, 0.717) is 12.2 Å². The normalized spacial score (nSPS) is 18.6. The fourth-order valence-electron chi connectivity index (χ4n) is 2.87. The number of alkyl halides is 3. The summed E-state index contributed by atoms with van der Waals surface area (Å²) in [5, 5.41) is 0. The number of methoxy groups -OCH3 is 1. The van der Waals surface area contributed by atoms with Gasteiger partial charge in [-0.05, 0) is 35.6 Å². The Hall–Kier alpha value is -1.72. The van der Waals surface area contributed by atoms with Gasteiger partial charge in [-0.2, -0.15) is 13.2 Å². The maximum Gasteiger partial charge on any atom is 0.471 e. The SMILES string of the molecule is COc1ccc2c(c1)CCN(C(=O)C(F)(F)F)C2C(C)C. The van der Waals surface area contributed by atoms with Gasteiger partial charge >= 0.3 is 12.1 Å². The average molecular weight is 301 g/mol. The van der Waals surface area contributed by atoms with Crippen LogP contribution in [0, 0.1) is 5.92 Å². The van der Waals surface area contributed by atoms with E-state index in [1.165, 1.54) is 0 Å². The zero-order valence-electron chi connectivity index (χ0n) is 12.2. The third-order valence-corrected chi connectivity index (χ3v) is 3.76. The molecular formula is C15H18F3NO2. The van der Waals surface area contributed by atoms with E-state index >= 15 is 0 Å². The predicted molar refractivity (Wildman–Crippen MR) is 72.0 cm³/mol. The van der Waals surface area contributed by atoms with Crippen LogP contribution in [0.4, 0.5) is 13.2 Å². The second-order valence-electron chi connectivity index (χ2n) is 5.50. The molecule has 1 aromatic rings. The highest BCUT2D eigenvalue weighted by Crippen LogP contribution is 2.38. The summed E-state index contributed by atoms with van der Waals surface area (Å²) in [6.45, 7) is 3.71. The Morgan fingerprint density at radius 1 is 1.38 bits per heavy atom. The lowest BCUT2D eigenvalue weighted by atomic mass is 9.86. The standard InChI is InChI=1S/C15H18F3NO2/c1-9(2)13-12-5-4-11(21-3)8-10(12)6-7-19(13)14(20)15(16,17)18/h4-5,8-9,13H,6-7H2,1-3H3. The van der Waals surface area contributed by atoms with Gasteiger partial charge in [0, 0.05) is 6.54 Å². The van der Waals surface area contributed by atoms with Crippen molar-refractivity contribution in [2.75, 3.05) is 13.7 Å². The van der Waals surface area contributed by atoms with Crippen LogP contribution in [0.3, 0.4) is 0 Å². The van der Waals surface area contributed by atoms with Gasteiger partial charge in [0.05, 0.1) is 13.2 Å². The first-order valence-electron chi connectivity index (χ1n) is 6.80. The Bertz CT molecular complexity index is 540. The molecule has 0 saturated carbocycles.